The molecular formula is C19H15F3N4O3S2. The van der Waals surface area contributed by atoms with E-state index in [0.29, 0.717) is 20.7 Å². The number of hydrogen-bond acceptors (Lipinski definition) is 7. The van der Waals surface area contributed by atoms with E-state index in [0.717, 1.165) is 40.8 Å². The Balaban J connectivity index is 1.47. The first kappa shape index (κ1) is 22.6. The van der Waals surface area contributed by atoms with Gasteiger partial charge in [-0.05, 0) is 43.3 Å². The van der Waals surface area contributed by atoms with Gasteiger partial charge >= 0.3 is 6.36 Å². The molecule has 7 nitrogen and oxygen atoms in total. The van der Waals surface area contributed by atoms with E-state index in [1.165, 1.54) is 12.1 Å². The minimum Gasteiger partial charge on any atom is -0.406 e. The molecule has 2 N–H and O–H groups in total. The van der Waals surface area contributed by atoms with Gasteiger partial charge in [0.05, 0.1) is 5.75 Å². The first-order chi connectivity index (χ1) is 14.7. The summed E-state index contributed by atoms with van der Waals surface area (Å²) in [4.78, 5) is 24.3. The summed E-state index contributed by atoms with van der Waals surface area (Å²) in [5.74, 6) is -1.07. The Morgan fingerprint density at radius 2 is 1.84 bits per heavy atom. The number of thioether (sulfide) groups is 1. The molecule has 0 atom stereocenters. The summed E-state index contributed by atoms with van der Waals surface area (Å²) in [7, 11) is 0. The molecule has 162 valence electrons. The van der Waals surface area contributed by atoms with Crippen molar-refractivity contribution < 1.29 is 27.5 Å². The highest BCUT2D eigenvalue weighted by Crippen LogP contribution is 2.27. The summed E-state index contributed by atoms with van der Waals surface area (Å²) in [6, 6.07) is 11.9. The highest BCUT2D eigenvalue weighted by atomic mass is 32.2. The molecule has 0 saturated heterocycles. The number of rotatable bonds is 7. The Bertz CT molecular complexity index is 1070. The van der Waals surface area contributed by atoms with Crippen LogP contribution in [0.5, 0.6) is 5.75 Å². The lowest BCUT2D eigenvalue weighted by molar-refractivity contribution is -0.274. The van der Waals surface area contributed by atoms with Gasteiger partial charge in [-0.1, -0.05) is 40.8 Å². The van der Waals surface area contributed by atoms with E-state index in [1.54, 1.807) is 18.2 Å². The molecule has 3 aromatic rings. The number of carbonyl (C=O) groups excluding carboxylic acids is 2. The molecule has 2 amide bonds. The van der Waals surface area contributed by atoms with E-state index in [-0.39, 0.29) is 23.3 Å². The van der Waals surface area contributed by atoms with Gasteiger partial charge in [-0.2, -0.15) is 0 Å². The van der Waals surface area contributed by atoms with E-state index in [1.807, 2.05) is 13.0 Å². The van der Waals surface area contributed by atoms with Gasteiger partial charge in [0.25, 0.3) is 5.91 Å². The van der Waals surface area contributed by atoms with Crippen molar-refractivity contribution in [3.8, 4) is 5.75 Å². The normalized spacial score (nSPS) is 11.1. The van der Waals surface area contributed by atoms with Gasteiger partial charge in [0.15, 0.2) is 4.34 Å². The molecule has 0 spiro atoms. The zero-order valence-electron chi connectivity index (χ0n) is 15.9. The molecule has 3 rings (SSSR count). The summed E-state index contributed by atoms with van der Waals surface area (Å²) in [6.07, 6.45) is -4.78. The fourth-order valence-electron chi connectivity index (χ4n) is 2.34. The third-order valence-electron chi connectivity index (χ3n) is 3.61. The number of alkyl halides is 3. The minimum absolute atomic E-state index is 0.00125. The van der Waals surface area contributed by atoms with Crippen LogP contribution in [0.15, 0.2) is 52.9 Å². The zero-order chi connectivity index (χ0) is 22.4. The molecule has 0 unspecified atom stereocenters. The van der Waals surface area contributed by atoms with Crippen LogP contribution in [0.2, 0.25) is 0 Å². The number of ether oxygens (including phenoxy) is 1. The molecule has 1 aromatic heterocycles. The lowest BCUT2D eigenvalue weighted by Gasteiger charge is -2.09. The number of amides is 2. The average Bonchev–Trinajstić information content (AvgIpc) is 3.14. The van der Waals surface area contributed by atoms with Crippen LogP contribution in [-0.2, 0) is 4.79 Å². The molecular weight excluding hydrogens is 453 g/mol. The number of carbonyl (C=O) groups is 2. The molecule has 2 aromatic carbocycles. The molecule has 0 aliphatic heterocycles. The predicted octanol–water partition coefficient (Wildman–Crippen LogP) is 4.73. The van der Waals surface area contributed by atoms with Crippen molar-refractivity contribution >= 4 is 45.7 Å². The maximum Gasteiger partial charge on any atom is 0.573 e. The maximum atomic E-state index is 12.2. The lowest BCUT2D eigenvalue weighted by atomic mass is 10.1. The smallest absolute Gasteiger partial charge is 0.406 e. The van der Waals surface area contributed by atoms with Crippen LogP contribution < -0.4 is 15.4 Å². The predicted molar refractivity (Wildman–Crippen MR) is 112 cm³/mol. The number of benzene rings is 2. The molecule has 31 heavy (non-hydrogen) atoms. The van der Waals surface area contributed by atoms with Crippen LogP contribution in [0.25, 0.3) is 0 Å². The highest BCUT2D eigenvalue weighted by molar-refractivity contribution is 8.01. The monoisotopic (exact) mass is 468 g/mol. The van der Waals surface area contributed by atoms with Gasteiger partial charge in [-0.15, -0.1) is 23.4 Å². The molecule has 12 heteroatoms. The van der Waals surface area contributed by atoms with Crippen LogP contribution >= 0.6 is 23.1 Å². The molecule has 0 fully saturated rings. The average molecular weight is 468 g/mol. The first-order valence-electron chi connectivity index (χ1n) is 8.68. The van der Waals surface area contributed by atoms with Crippen LogP contribution in [-0.4, -0.2) is 34.1 Å². The Morgan fingerprint density at radius 3 is 2.52 bits per heavy atom. The van der Waals surface area contributed by atoms with Crippen molar-refractivity contribution in [3.05, 3.63) is 59.7 Å². The second kappa shape index (κ2) is 9.79. The fraction of sp³-hybridized carbons (Fsp3) is 0.158. The number of aryl methyl sites for hydroxylation is 1. The highest BCUT2D eigenvalue weighted by Gasteiger charge is 2.30. The summed E-state index contributed by atoms with van der Waals surface area (Å²) >= 11 is 2.23. The zero-order valence-corrected chi connectivity index (χ0v) is 17.5. The van der Waals surface area contributed by atoms with E-state index in [9.17, 15) is 22.8 Å². The number of nitrogens with one attached hydrogen (secondary N) is 2. The quantitative estimate of drug-likeness (QED) is 0.385. The second-order valence-electron chi connectivity index (χ2n) is 6.11. The summed E-state index contributed by atoms with van der Waals surface area (Å²) < 4.78 is 40.7. The van der Waals surface area contributed by atoms with Crippen molar-refractivity contribution in [3.63, 3.8) is 0 Å². The van der Waals surface area contributed by atoms with Crippen molar-refractivity contribution in [2.45, 2.75) is 17.6 Å². The van der Waals surface area contributed by atoms with E-state index in [4.69, 9.17) is 0 Å². The summed E-state index contributed by atoms with van der Waals surface area (Å²) in [5.41, 5.74) is 1.77. The maximum absolute atomic E-state index is 12.2. The van der Waals surface area contributed by atoms with E-state index in [2.05, 4.69) is 25.6 Å². The van der Waals surface area contributed by atoms with Gasteiger partial charge in [-0.25, -0.2) is 0 Å². The van der Waals surface area contributed by atoms with Gasteiger partial charge in [0.2, 0.25) is 11.0 Å². The summed E-state index contributed by atoms with van der Waals surface area (Å²) in [6.45, 7) is 1.88. The number of halogens is 3. The SMILES string of the molecule is Cc1cccc(C(=O)Nc2nnc(SCC(=O)Nc3ccc(OC(F)(F)F)cc3)s2)c1. The van der Waals surface area contributed by atoms with Gasteiger partial charge in [0, 0.05) is 11.3 Å². The number of hydrogen-bond donors (Lipinski definition) is 2. The third kappa shape index (κ3) is 7.26. The first-order valence-corrected chi connectivity index (χ1v) is 10.5. The number of aromatic nitrogens is 2. The largest absolute Gasteiger partial charge is 0.573 e. The molecule has 1 heterocycles. The van der Waals surface area contributed by atoms with Crippen LogP contribution in [0.3, 0.4) is 0 Å². The number of nitrogens with zero attached hydrogens (tertiary/aromatic N) is 2. The molecule has 0 saturated carbocycles. The molecule has 0 aliphatic rings. The van der Waals surface area contributed by atoms with Gasteiger partial charge < -0.3 is 10.1 Å². The third-order valence-corrected chi connectivity index (χ3v) is 5.58. The van der Waals surface area contributed by atoms with Crippen molar-refractivity contribution in [2.75, 3.05) is 16.4 Å². The Morgan fingerprint density at radius 1 is 1.10 bits per heavy atom. The second-order valence-corrected chi connectivity index (χ2v) is 8.31. The van der Waals surface area contributed by atoms with Gasteiger partial charge in [-0.3, -0.25) is 14.9 Å². The van der Waals surface area contributed by atoms with Crippen molar-refractivity contribution in [1.29, 1.82) is 0 Å². The Kier molecular flexibility index (Phi) is 7.13. The summed E-state index contributed by atoms with van der Waals surface area (Å²) in [5, 5.41) is 13.3. The van der Waals surface area contributed by atoms with Crippen LogP contribution in [0.4, 0.5) is 24.0 Å². The number of anilines is 2. The molecule has 0 bridgehead atoms. The Hall–Kier alpha value is -3.12. The fourth-order valence-corrected chi connectivity index (χ4v) is 3.89. The van der Waals surface area contributed by atoms with E-state index >= 15 is 0 Å². The van der Waals surface area contributed by atoms with Crippen LogP contribution in [0, 0.1) is 6.92 Å². The minimum atomic E-state index is -4.78. The molecule has 0 radical (unpaired) electrons. The van der Waals surface area contributed by atoms with Crippen molar-refractivity contribution in [2.24, 2.45) is 0 Å². The molecule has 0 aliphatic carbocycles. The lowest BCUT2D eigenvalue weighted by Crippen LogP contribution is -2.17. The topological polar surface area (TPSA) is 93.2 Å². The standard InChI is InChI=1S/C19H15F3N4O3S2/c1-11-3-2-4-12(9-11)16(28)24-17-25-26-18(31-17)30-10-15(27)23-13-5-7-14(8-6-13)29-19(20,21)22/h2-9H,10H2,1H3,(H,23,27)(H,24,25,28). The Labute approximate surface area is 183 Å². The van der Waals surface area contributed by atoms with Crippen molar-refractivity contribution in [1.82, 2.24) is 10.2 Å². The van der Waals surface area contributed by atoms with Crippen LogP contribution in [0.1, 0.15) is 15.9 Å². The van der Waals surface area contributed by atoms with Gasteiger partial charge in [0.1, 0.15) is 5.75 Å². The van der Waals surface area contributed by atoms with E-state index < -0.39 is 6.36 Å².